The second-order valence-electron chi connectivity index (χ2n) is 9.36. The van der Waals surface area contributed by atoms with Gasteiger partial charge < -0.3 is 24.6 Å². The maximum atomic E-state index is 12.6. The zero-order valence-electron chi connectivity index (χ0n) is 17.7. The van der Waals surface area contributed by atoms with Crippen molar-refractivity contribution in [2.45, 2.75) is 75.9 Å². The first-order chi connectivity index (χ1) is 14.1. The van der Waals surface area contributed by atoms with E-state index in [2.05, 4.69) is 5.32 Å². The van der Waals surface area contributed by atoms with Gasteiger partial charge in [0.05, 0.1) is 18.8 Å². The molecule has 3 aliphatic heterocycles. The van der Waals surface area contributed by atoms with Crippen molar-refractivity contribution in [2.75, 3.05) is 46.0 Å². The van der Waals surface area contributed by atoms with E-state index < -0.39 is 0 Å². The highest BCUT2D eigenvalue weighted by atomic mass is 16.5. The van der Waals surface area contributed by atoms with E-state index in [-0.39, 0.29) is 17.5 Å². The minimum absolute atomic E-state index is 0.0987. The first-order valence-corrected chi connectivity index (χ1v) is 11.7. The van der Waals surface area contributed by atoms with E-state index in [0.717, 1.165) is 71.3 Å². The predicted octanol–water partition coefficient (Wildman–Crippen LogP) is 2.54. The minimum atomic E-state index is -0.143. The summed E-state index contributed by atoms with van der Waals surface area (Å²) in [5.74, 6) is 0.654. The van der Waals surface area contributed by atoms with E-state index in [1.807, 2.05) is 9.80 Å². The van der Waals surface area contributed by atoms with Crippen LogP contribution in [0.4, 0.5) is 4.79 Å². The molecule has 4 rings (SSSR count). The van der Waals surface area contributed by atoms with E-state index in [1.165, 1.54) is 19.3 Å². The summed E-state index contributed by atoms with van der Waals surface area (Å²) in [6, 6.07) is 0.454. The van der Waals surface area contributed by atoms with Crippen molar-refractivity contribution >= 4 is 11.9 Å². The van der Waals surface area contributed by atoms with Crippen LogP contribution in [0.5, 0.6) is 0 Å². The molecule has 29 heavy (non-hydrogen) atoms. The average Bonchev–Trinajstić information content (AvgIpc) is 2.75. The van der Waals surface area contributed by atoms with Gasteiger partial charge in [0, 0.05) is 45.2 Å². The van der Waals surface area contributed by atoms with Crippen LogP contribution < -0.4 is 5.32 Å². The zero-order chi connectivity index (χ0) is 20.1. The summed E-state index contributed by atoms with van der Waals surface area (Å²) in [5.41, 5.74) is -0.143. The summed E-state index contributed by atoms with van der Waals surface area (Å²) in [6.07, 6.45) is 10.3. The molecule has 1 N–H and O–H groups in total. The Kier molecular flexibility index (Phi) is 6.96. The third-order valence-corrected chi connectivity index (χ3v) is 7.32. The van der Waals surface area contributed by atoms with E-state index >= 15 is 0 Å². The summed E-state index contributed by atoms with van der Waals surface area (Å²) in [5, 5.41) is 3.24. The standard InChI is InChI=1S/C22H37N3O4/c26-20(24-11-14-28-15-12-24)16-18-6-13-29-22(17-18)7-9-25(10-8-22)21(27)23-19-4-2-1-3-5-19/h18-19H,1-17H2,(H,23,27)/t18-/m1/s1. The fraction of sp³-hybridized carbons (Fsp3) is 0.909. The molecule has 0 aromatic rings. The fourth-order valence-corrected chi connectivity index (χ4v) is 5.47. The number of nitrogens with one attached hydrogen (secondary N) is 1. The Morgan fingerprint density at radius 1 is 0.897 bits per heavy atom. The summed E-state index contributed by atoms with van der Waals surface area (Å²) in [6.45, 7) is 4.99. The molecule has 0 aromatic heterocycles. The van der Waals surface area contributed by atoms with Crippen LogP contribution in [0.15, 0.2) is 0 Å². The molecule has 0 radical (unpaired) electrons. The lowest BCUT2D eigenvalue weighted by atomic mass is 9.78. The molecule has 1 atom stereocenters. The van der Waals surface area contributed by atoms with Gasteiger partial charge in [0.1, 0.15) is 0 Å². The van der Waals surface area contributed by atoms with Crippen LogP contribution in [0.25, 0.3) is 0 Å². The van der Waals surface area contributed by atoms with E-state index in [1.54, 1.807) is 0 Å². The molecule has 7 heteroatoms. The Bertz CT molecular complexity index is 564. The maximum Gasteiger partial charge on any atom is 0.317 e. The molecule has 0 aromatic carbocycles. The normalized spacial score (nSPS) is 28.3. The lowest BCUT2D eigenvalue weighted by Gasteiger charge is -2.46. The van der Waals surface area contributed by atoms with Gasteiger partial charge >= 0.3 is 6.03 Å². The van der Waals surface area contributed by atoms with Gasteiger partial charge in [0.2, 0.25) is 5.91 Å². The summed E-state index contributed by atoms with van der Waals surface area (Å²) >= 11 is 0. The number of morpholine rings is 1. The quantitative estimate of drug-likeness (QED) is 0.780. The lowest BCUT2D eigenvalue weighted by Crippen LogP contribution is -2.54. The maximum absolute atomic E-state index is 12.6. The highest BCUT2D eigenvalue weighted by molar-refractivity contribution is 5.76. The van der Waals surface area contributed by atoms with Gasteiger partial charge in [0.15, 0.2) is 0 Å². The Hall–Kier alpha value is -1.34. The Morgan fingerprint density at radius 2 is 1.62 bits per heavy atom. The predicted molar refractivity (Wildman–Crippen MR) is 110 cm³/mol. The van der Waals surface area contributed by atoms with Crippen molar-refractivity contribution < 1.29 is 19.1 Å². The topological polar surface area (TPSA) is 71.1 Å². The van der Waals surface area contributed by atoms with Crippen molar-refractivity contribution in [2.24, 2.45) is 5.92 Å². The third kappa shape index (κ3) is 5.43. The minimum Gasteiger partial charge on any atom is -0.378 e. The lowest BCUT2D eigenvalue weighted by molar-refractivity contribution is -0.143. The third-order valence-electron chi connectivity index (χ3n) is 7.32. The first kappa shape index (κ1) is 20.9. The number of piperidine rings is 1. The molecular formula is C22H37N3O4. The van der Waals surface area contributed by atoms with E-state index in [9.17, 15) is 9.59 Å². The summed E-state index contributed by atoms with van der Waals surface area (Å²) < 4.78 is 11.6. The van der Waals surface area contributed by atoms with Crippen molar-refractivity contribution in [1.82, 2.24) is 15.1 Å². The van der Waals surface area contributed by atoms with Gasteiger partial charge in [-0.3, -0.25) is 4.79 Å². The van der Waals surface area contributed by atoms with Crippen molar-refractivity contribution in [3.63, 3.8) is 0 Å². The monoisotopic (exact) mass is 407 g/mol. The van der Waals surface area contributed by atoms with Crippen molar-refractivity contribution in [1.29, 1.82) is 0 Å². The van der Waals surface area contributed by atoms with Crippen LogP contribution in [0, 0.1) is 5.92 Å². The van der Waals surface area contributed by atoms with Gasteiger partial charge in [-0.2, -0.15) is 0 Å². The molecule has 3 amide bonds. The number of hydrogen-bond acceptors (Lipinski definition) is 4. The van der Waals surface area contributed by atoms with Crippen molar-refractivity contribution in [3.8, 4) is 0 Å². The fourth-order valence-electron chi connectivity index (χ4n) is 5.47. The van der Waals surface area contributed by atoms with Crippen molar-refractivity contribution in [3.05, 3.63) is 0 Å². The summed E-state index contributed by atoms with van der Waals surface area (Å²) in [7, 11) is 0. The number of rotatable bonds is 3. The highest BCUT2D eigenvalue weighted by Crippen LogP contribution is 2.39. The zero-order valence-corrected chi connectivity index (χ0v) is 17.7. The summed E-state index contributed by atoms with van der Waals surface area (Å²) in [4.78, 5) is 29.2. The molecule has 4 fully saturated rings. The van der Waals surface area contributed by atoms with E-state index in [0.29, 0.717) is 31.6 Å². The molecular weight excluding hydrogens is 370 g/mol. The molecule has 3 heterocycles. The highest BCUT2D eigenvalue weighted by Gasteiger charge is 2.42. The van der Waals surface area contributed by atoms with Crippen LogP contribution in [-0.4, -0.2) is 79.4 Å². The molecule has 1 spiro atoms. The van der Waals surface area contributed by atoms with Gasteiger partial charge in [-0.25, -0.2) is 4.79 Å². The Labute approximate surface area is 174 Å². The number of carbonyl (C=O) groups excluding carboxylic acids is 2. The number of likely N-dealkylation sites (tertiary alicyclic amines) is 1. The average molecular weight is 408 g/mol. The van der Waals surface area contributed by atoms with Crippen LogP contribution in [0.1, 0.15) is 64.2 Å². The molecule has 1 aliphatic carbocycles. The Balaban J connectivity index is 1.24. The first-order valence-electron chi connectivity index (χ1n) is 11.7. The molecule has 4 aliphatic rings. The van der Waals surface area contributed by atoms with Gasteiger partial charge in [-0.15, -0.1) is 0 Å². The largest absolute Gasteiger partial charge is 0.378 e. The van der Waals surface area contributed by atoms with Gasteiger partial charge in [-0.05, 0) is 44.4 Å². The molecule has 0 bridgehead atoms. The number of hydrogen-bond donors (Lipinski definition) is 1. The number of carbonyl (C=O) groups is 2. The van der Waals surface area contributed by atoms with Crippen LogP contribution >= 0.6 is 0 Å². The molecule has 0 unspecified atom stereocenters. The number of nitrogens with zero attached hydrogens (tertiary/aromatic N) is 2. The number of amides is 3. The molecule has 3 saturated heterocycles. The van der Waals surface area contributed by atoms with Gasteiger partial charge in [-0.1, -0.05) is 19.3 Å². The van der Waals surface area contributed by atoms with Crippen LogP contribution in [0.3, 0.4) is 0 Å². The van der Waals surface area contributed by atoms with Crippen LogP contribution in [-0.2, 0) is 14.3 Å². The van der Waals surface area contributed by atoms with Gasteiger partial charge in [0.25, 0.3) is 0 Å². The molecule has 7 nitrogen and oxygen atoms in total. The molecule has 164 valence electrons. The van der Waals surface area contributed by atoms with Crippen LogP contribution in [0.2, 0.25) is 0 Å². The molecule has 1 saturated carbocycles. The van der Waals surface area contributed by atoms with E-state index in [4.69, 9.17) is 9.47 Å². The smallest absolute Gasteiger partial charge is 0.317 e. The number of ether oxygens (including phenoxy) is 2. The Morgan fingerprint density at radius 3 is 2.34 bits per heavy atom. The second-order valence-corrected chi connectivity index (χ2v) is 9.36. The SMILES string of the molecule is O=C(C[C@H]1CCOC2(CCN(C(=O)NC3CCCCC3)CC2)C1)N1CCOCC1. The second kappa shape index (κ2) is 9.65. The number of urea groups is 1.